The van der Waals surface area contributed by atoms with Crippen LogP contribution in [0.1, 0.15) is 5.82 Å². The van der Waals surface area contributed by atoms with Crippen molar-refractivity contribution < 1.29 is 0 Å². The number of anilines is 3. The van der Waals surface area contributed by atoms with Crippen molar-refractivity contribution in [2.45, 2.75) is 6.92 Å². The van der Waals surface area contributed by atoms with Gasteiger partial charge >= 0.3 is 0 Å². The molecule has 5 heteroatoms. The number of rotatable bonds is 5. The number of halogens is 1. The highest BCUT2D eigenvalue weighted by molar-refractivity contribution is 6.30. The first kappa shape index (κ1) is 13.4. The smallest absolute Gasteiger partial charge is 0.136 e. The lowest BCUT2D eigenvalue weighted by atomic mass is 10.3. The Morgan fingerprint density at radius 1 is 1.21 bits per heavy atom. The van der Waals surface area contributed by atoms with Gasteiger partial charge in [-0.15, -0.1) is 6.58 Å². The average molecular weight is 275 g/mol. The highest BCUT2D eigenvalue weighted by Gasteiger charge is 2.02. The maximum Gasteiger partial charge on any atom is 0.136 e. The Hall–Kier alpha value is -2.07. The topological polar surface area (TPSA) is 49.8 Å². The van der Waals surface area contributed by atoms with E-state index in [-0.39, 0.29) is 0 Å². The van der Waals surface area contributed by atoms with Gasteiger partial charge < -0.3 is 10.6 Å². The molecule has 0 bridgehead atoms. The third-order valence-electron chi connectivity index (χ3n) is 2.38. The molecule has 98 valence electrons. The first-order valence-corrected chi connectivity index (χ1v) is 6.28. The summed E-state index contributed by atoms with van der Waals surface area (Å²) in [6, 6.07) is 9.31. The van der Waals surface area contributed by atoms with Crippen molar-refractivity contribution in [3.8, 4) is 0 Å². The zero-order chi connectivity index (χ0) is 13.7. The maximum atomic E-state index is 5.85. The van der Waals surface area contributed by atoms with Crippen LogP contribution in [-0.2, 0) is 0 Å². The summed E-state index contributed by atoms with van der Waals surface area (Å²) >= 11 is 5.85. The van der Waals surface area contributed by atoms with Crippen molar-refractivity contribution in [3.05, 3.63) is 53.8 Å². The molecule has 0 atom stereocenters. The first-order chi connectivity index (χ1) is 9.17. The van der Waals surface area contributed by atoms with Crippen molar-refractivity contribution in [2.75, 3.05) is 17.2 Å². The second-order valence-electron chi connectivity index (χ2n) is 3.99. The molecule has 1 aromatic carbocycles. The molecule has 0 amide bonds. The third kappa shape index (κ3) is 3.96. The van der Waals surface area contributed by atoms with E-state index in [0.29, 0.717) is 17.4 Å². The van der Waals surface area contributed by atoms with Crippen LogP contribution >= 0.6 is 11.6 Å². The number of nitrogens with one attached hydrogen (secondary N) is 2. The molecule has 0 spiro atoms. The van der Waals surface area contributed by atoms with Crippen LogP contribution in [0.5, 0.6) is 0 Å². The van der Waals surface area contributed by atoms with Crippen LogP contribution in [0.4, 0.5) is 17.3 Å². The van der Waals surface area contributed by atoms with Gasteiger partial charge in [-0.2, -0.15) is 0 Å². The number of aromatic nitrogens is 2. The summed E-state index contributed by atoms with van der Waals surface area (Å²) in [5, 5.41) is 7.06. The highest BCUT2D eigenvalue weighted by Crippen LogP contribution is 2.19. The van der Waals surface area contributed by atoms with Crippen LogP contribution in [0.25, 0.3) is 0 Å². The van der Waals surface area contributed by atoms with Crippen molar-refractivity contribution in [1.29, 1.82) is 0 Å². The molecule has 0 saturated heterocycles. The number of aryl methyl sites for hydroxylation is 1. The Morgan fingerprint density at radius 2 is 1.89 bits per heavy atom. The average Bonchev–Trinajstić information content (AvgIpc) is 2.38. The molecule has 0 aliphatic rings. The van der Waals surface area contributed by atoms with E-state index in [1.54, 1.807) is 6.08 Å². The Labute approximate surface area is 117 Å². The van der Waals surface area contributed by atoms with Crippen molar-refractivity contribution in [1.82, 2.24) is 9.97 Å². The normalized spacial score (nSPS) is 10.0. The zero-order valence-corrected chi connectivity index (χ0v) is 11.4. The molecule has 2 N–H and O–H groups in total. The first-order valence-electron chi connectivity index (χ1n) is 5.90. The van der Waals surface area contributed by atoms with Crippen molar-refractivity contribution >= 4 is 28.9 Å². The maximum absolute atomic E-state index is 5.85. The second kappa shape index (κ2) is 6.20. The van der Waals surface area contributed by atoms with Crippen LogP contribution in [0.15, 0.2) is 43.0 Å². The number of hydrogen-bond acceptors (Lipinski definition) is 4. The molecule has 4 nitrogen and oxygen atoms in total. The van der Waals surface area contributed by atoms with E-state index in [1.807, 2.05) is 37.3 Å². The molecule has 0 aliphatic carbocycles. The molecule has 2 aromatic rings. The fourth-order valence-electron chi connectivity index (χ4n) is 1.58. The summed E-state index contributed by atoms with van der Waals surface area (Å²) < 4.78 is 0. The number of hydrogen-bond donors (Lipinski definition) is 2. The molecule has 19 heavy (non-hydrogen) atoms. The van der Waals surface area contributed by atoms with E-state index in [9.17, 15) is 0 Å². The van der Waals surface area contributed by atoms with Gasteiger partial charge in [0.05, 0.1) is 0 Å². The zero-order valence-electron chi connectivity index (χ0n) is 10.7. The lowest BCUT2D eigenvalue weighted by Gasteiger charge is -2.09. The van der Waals surface area contributed by atoms with Gasteiger partial charge in [0.15, 0.2) is 0 Å². The molecule has 0 saturated carbocycles. The van der Waals surface area contributed by atoms with Crippen LogP contribution in [0, 0.1) is 6.92 Å². The molecule has 2 rings (SSSR count). The predicted octanol–water partition coefficient (Wildman–Crippen LogP) is 3.78. The molecule has 0 aliphatic heterocycles. The predicted molar refractivity (Wildman–Crippen MR) is 80.2 cm³/mol. The second-order valence-corrected chi connectivity index (χ2v) is 4.42. The van der Waals surface area contributed by atoms with E-state index >= 15 is 0 Å². The van der Waals surface area contributed by atoms with Crippen LogP contribution in [-0.4, -0.2) is 16.5 Å². The lowest BCUT2D eigenvalue weighted by Crippen LogP contribution is -2.04. The molecule has 0 fully saturated rings. The van der Waals surface area contributed by atoms with Gasteiger partial charge in [0, 0.05) is 23.3 Å². The minimum atomic E-state index is 0.664. The summed E-state index contributed by atoms with van der Waals surface area (Å²) in [4.78, 5) is 8.63. The monoisotopic (exact) mass is 274 g/mol. The summed E-state index contributed by atoms with van der Waals surface area (Å²) in [5.41, 5.74) is 0.928. The van der Waals surface area contributed by atoms with E-state index in [2.05, 4.69) is 27.2 Å². The molecular weight excluding hydrogens is 260 g/mol. The molecule has 0 unspecified atom stereocenters. The highest BCUT2D eigenvalue weighted by atomic mass is 35.5. The Morgan fingerprint density at radius 3 is 2.58 bits per heavy atom. The van der Waals surface area contributed by atoms with Crippen molar-refractivity contribution in [3.63, 3.8) is 0 Å². The Bertz CT molecular complexity index is 566. The van der Waals surface area contributed by atoms with Gasteiger partial charge in [0.1, 0.15) is 17.5 Å². The quantitative estimate of drug-likeness (QED) is 0.815. The van der Waals surface area contributed by atoms with E-state index in [0.717, 1.165) is 17.3 Å². The largest absolute Gasteiger partial charge is 0.366 e. The number of nitrogens with zero attached hydrogens (tertiary/aromatic N) is 2. The van der Waals surface area contributed by atoms with E-state index in [1.165, 1.54) is 0 Å². The van der Waals surface area contributed by atoms with E-state index in [4.69, 9.17) is 11.6 Å². The summed E-state index contributed by atoms with van der Waals surface area (Å²) in [6.45, 7) is 6.18. The molecule has 0 radical (unpaired) electrons. The lowest BCUT2D eigenvalue weighted by molar-refractivity contribution is 1.05. The van der Waals surface area contributed by atoms with Crippen LogP contribution < -0.4 is 10.6 Å². The van der Waals surface area contributed by atoms with Gasteiger partial charge in [-0.1, -0.05) is 17.7 Å². The van der Waals surface area contributed by atoms with Gasteiger partial charge in [0.2, 0.25) is 0 Å². The molecule has 1 heterocycles. The fraction of sp³-hybridized carbons (Fsp3) is 0.143. The minimum absolute atomic E-state index is 0.664. The van der Waals surface area contributed by atoms with Gasteiger partial charge in [-0.05, 0) is 31.2 Å². The summed E-state index contributed by atoms with van der Waals surface area (Å²) in [7, 11) is 0. The Balaban J connectivity index is 2.17. The number of benzene rings is 1. The van der Waals surface area contributed by atoms with Crippen molar-refractivity contribution in [2.24, 2.45) is 0 Å². The summed E-state index contributed by atoms with van der Waals surface area (Å²) in [5.74, 6) is 2.20. The summed E-state index contributed by atoms with van der Waals surface area (Å²) in [6.07, 6.45) is 1.78. The van der Waals surface area contributed by atoms with Gasteiger partial charge in [-0.25, -0.2) is 9.97 Å². The SMILES string of the molecule is C=CCNc1cc(Nc2ccc(Cl)cc2)nc(C)n1. The van der Waals surface area contributed by atoms with Gasteiger partial charge in [-0.3, -0.25) is 0 Å². The minimum Gasteiger partial charge on any atom is -0.366 e. The third-order valence-corrected chi connectivity index (χ3v) is 2.63. The van der Waals surface area contributed by atoms with Gasteiger partial charge in [0.25, 0.3) is 0 Å². The van der Waals surface area contributed by atoms with E-state index < -0.39 is 0 Å². The standard InChI is InChI=1S/C14H15ClN4/c1-3-8-16-13-9-14(18-10(2)17-13)19-12-6-4-11(15)5-7-12/h3-7,9H,1,8H2,2H3,(H2,16,17,18,19). The molecule has 1 aromatic heterocycles. The molecular formula is C14H15ClN4. The van der Waals surface area contributed by atoms with Crippen LogP contribution in [0.3, 0.4) is 0 Å². The Kier molecular flexibility index (Phi) is 4.36. The fourth-order valence-corrected chi connectivity index (χ4v) is 1.71. The van der Waals surface area contributed by atoms with Crippen LogP contribution in [0.2, 0.25) is 5.02 Å².